The van der Waals surface area contributed by atoms with Crippen LogP contribution in [0.3, 0.4) is 0 Å². The number of amidine groups is 1. The number of rotatable bonds is 0. The fourth-order valence-corrected chi connectivity index (χ4v) is 6.89. The number of H-pyrrole nitrogens is 3. The molecule has 26 nitrogen and oxygen atoms in total. The Labute approximate surface area is 458 Å². The van der Waals surface area contributed by atoms with E-state index in [4.69, 9.17) is 22.9 Å². The van der Waals surface area contributed by atoms with Crippen molar-refractivity contribution in [2.75, 3.05) is 17.2 Å². The molecular weight excluding hydrogens is 1010 g/mol. The summed E-state index contributed by atoms with van der Waals surface area (Å²) in [6, 6.07) is 2.96. The highest BCUT2D eigenvalue weighted by Gasteiger charge is 2.25. The molecule has 0 saturated carbocycles. The summed E-state index contributed by atoms with van der Waals surface area (Å²) in [4.78, 5) is 104. The van der Waals surface area contributed by atoms with Crippen molar-refractivity contribution in [2.45, 2.75) is 172 Å². The van der Waals surface area contributed by atoms with E-state index < -0.39 is 0 Å². The lowest BCUT2D eigenvalue weighted by molar-refractivity contribution is 0.254. The van der Waals surface area contributed by atoms with Gasteiger partial charge < -0.3 is 37.0 Å². The average molecular weight is 1100 g/mol. The molecule has 79 heavy (non-hydrogen) atoms. The minimum atomic E-state index is -0.366. The monoisotopic (exact) mass is 1090 g/mol. The van der Waals surface area contributed by atoms with Gasteiger partial charge in [0.05, 0.1) is 12.7 Å². The van der Waals surface area contributed by atoms with E-state index in [1.807, 2.05) is 110 Å². The number of hydrogen-bond acceptors (Lipinski definition) is 18. The molecule has 0 spiro atoms. The standard InChI is InChI=1S/C10H17N3.C9H13N5O.C9H13N5.C9H14N2O2.C8H13N3O.C8H12N2O2/c1-7-6-13(10(3,4)5)8(2)12-9(7)11;1-9(2,3)14-4-11-5-6(14)12-8(10)13-7(5)15;1-9(2,3)14-5-13-6-7(10)11-4-12-8(6)14;1-6-5-11(9(2,3)4)8(13)10-7(6)12;1-8(2,3)11-5-4-6(9)10-7(11)12;1-8(2,3)10-5-4-6(11)9-7(10)12/h6H,2H2,1,3-5H3,(H2,11,12);4H,1-3H3,(H3,10,12,13,15);4-5H,1-3H3,(H2,10,11,12);5H,1-4H3,(H,10,12,13);4-5H,1-3H3,(H2,9,10,12);4-5H,1-3H3,(H,9,11,12). The molecule has 1 aliphatic rings. The Morgan fingerprint density at radius 3 is 1.51 bits per heavy atom. The highest BCUT2D eigenvalue weighted by Crippen LogP contribution is 2.25. The van der Waals surface area contributed by atoms with Crippen molar-refractivity contribution < 1.29 is 0 Å². The number of hydrogen-bond donors (Lipinski definition) is 7. The summed E-state index contributed by atoms with van der Waals surface area (Å²) in [6.45, 7) is 43.3. The van der Waals surface area contributed by atoms with Crippen molar-refractivity contribution in [3.05, 3.63) is 142 Å². The van der Waals surface area contributed by atoms with Gasteiger partial charge in [0.25, 0.3) is 16.7 Å². The Kier molecular flexibility index (Phi) is 19.9. The van der Waals surface area contributed by atoms with E-state index in [2.05, 4.69) is 98.0 Å². The zero-order chi connectivity index (χ0) is 60.7. The lowest BCUT2D eigenvalue weighted by Gasteiger charge is -2.36. The Balaban J connectivity index is 0.000000250. The van der Waals surface area contributed by atoms with Crippen molar-refractivity contribution in [3.63, 3.8) is 0 Å². The number of nitrogen functional groups attached to an aromatic ring is 3. The van der Waals surface area contributed by atoms with Gasteiger partial charge in [-0.15, -0.1) is 0 Å². The van der Waals surface area contributed by atoms with Gasteiger partial charge in [-0.3, -0.25) is 43.0 Å². The molecule has 7 aromatic heterocycles. The first kappa shape index (κ1) is 64.6. The van der Waals surface area contributed by atoms with E-state index in [9.17, 15) is 28.8 Å². The number of aromatic nitrogens is 14. The summed E-state index contributed by atoms with van der Waals surface area (Å²) in [5.41, 5.74) is 23.0. The van der Waals surface area contributed by atoms with Crippen molar-refractivity contribution in [1.82, 2.24) is 72.6 Å². The van der Waals surface area contributed by atoms with Crippen LogP contribution in [-0.2, 0) is 27.7 Å². The van der Waals surface area contributed by atoms with E-state index in [0.717, 1.165) is 11.2 Å². The second kappa shape index (κ2) is 24.3. The van der Waals surface area contributed by atoms with Gasteiger partial charge in [-0.2, -0.15) is 9.97 Å². The third-order valence-electron chi connectivity index (χ3n) is 11.1. The van der Waals surface area contributed by atoms with Gasteiger partial charge in [-0.1, -0.05) is 6.58 Å². The van der Waals surface area contributed by atoms with E-state index >= 15 is 0 Å². The van der Waals surface area contributed by atoms with Crippen LogP contribution in [0.1, 0.15) is 137 Å². The zero-order valence-electron chi connectivity index (χ0n) is 49.5. The third kappa shape index (κ3) is 17.7. The molecule has 0 bridgehead atoms. The lowest BCUT2D eigenvalue weighted by Crippen LogP contribution is -2.39. The molecule has 8 heterocycles. The van der Waals surface area contributed by atoms with Gasteiger partial charge in [0.15, 0.2) is 22.6 Å². The molecule has 0 radical (unpaired) electrons. The summed E-state index contributed by atoms with van der Waals surface area (Å²) in [6.07, 6.45) is 11.5. The van der Waals surface area contributed by atoms with Crippen molar-refractivity contribution in [3.8, 4) is 0 Å². The van der Waals surface area contributed by atoms with E-state index in [-0.39, 0.29) is 78.7 Å². The lowest BCUT2D eigenvalue weighted by atomic mass is 10.1. The normalized spacial score (nSPS) is 13.0. The fourth-order valence-electron chi connectivity index (χ4n) is 6.89. The van der Waals surface area contributed by atoms with Crippen LogP contribution in [0.4, 0.5) is 17.6 Å². The minimum absolute atomic E-state index is 0.00252. The highest BCUT2D eigenvalue weighted by atomic mass is 16.2. The van der Waals surface area contributed by atoms with Crippen molar-refractivity contribution in [2.24, 2.45) is 10.7 Å². The number of aryl methyl sites for hydroxylation is 1. The number of nitrogens with one attached hydrogen (secondary N) is 3. The molecule has 1 aliphatic heterocycles. The van der Waals surface area contributed by atoms with E-state index in [1.54, 1.807) is 42.6 Å². The first-order chi connectivity index (χ1) is 35.9. The minimum Gasteiger partial charge on any atom is -0.383 e. The Hall–Kier alpha value is -8.71. The van der Waals surface area contributed by atoms with Crippen LogP contribution in [0.5, 0.6) is 0 Å². The molecule has 0 unspecified atom stereocenters. The predicted molar refractivity (Wildman–Crippen MR) is 314 cm³/mol. The fraction of sp³-hybridized carbons (Fsp3) is 0.491. The largest absolute Gasteiger partial charge is 0.383 e. The molecule has 0 saturated heterocycles. The third-order valence-corrected chi connectivity index (χ3v) is 11.1. The summed E-state index contributed by atoms with van der Waals surface area (Å²) in [5, 5.41) is 0. The molecule has 26 heteroatoms. The molecule has 430 valence electrons. The van der Waals surface area contributed by atoms with Gasteiger partial charge >= 0.3 is 17.1 Å². The van der Waals surface area contributed by atoms with Gasteiger partial charge in [-0.25, -0.2) is 39.3 Å². The van der Waals surface area contributed by atoms with Gasteiger partial charge in [0.2, 0.25) is 5.95 Å². The molecule has 0 aromatic carbocycles. The molecule has 0 amide bonds. The Morgan fingerprint density at radius 1 is 0.519 bits per heavy atom. The number of nitrogens with two attached hydrogens (primary N) is 4. The number of aromatic amines is 3. The Morgan fingerprint density at radius 2 is 1.01 bits per heavy atom. The number of nitrogens with zero attached hydrogens (tertiary/aromatic N) is 13. The molecular formula is C53H82N20O6. The maximum atomic E-state index is 11.5. The first-order valence-electron chi connectivity index (χ1n) is 25.1. The molecule has 0 atom stereocenters. The van der Waals surface area contributed by atoms with Gasteiger partial charge in [0, 0.05) is 75.2 Å². The number of imidazole rings is 2. The van der Waals surface area contributed by atoms with Crippen LogP contribution >= 0.6 is 0 Å². The van der Waals surface area contributed by atoms with E-state index in [1.165, 1.54) is 27.7 Å². The maximum absolute atomic E-state index is 11.5. The Bertz CT molecular complexity index is 3710. The van der Waals surface area contributed by atoms with Gasteiger partial charge in [-0.05, 0) is 145 Å². The van der Waals surface area contributed by atoms with Crippen molar-refractivity contribution >= 4 is 45.7 Å². The van der Waals surface area contributed by atoms with Crippen LogP contribution in [0, 0.1) is 6.92 Å². The zero-order valence-corrected chi connectivity index (χ0v) is 49.5. The molecule has 0 aliphatic carbocycles. The second-order valence-corrected chi connectivity index (χ2v) is 24.3. The van der Waals surface area contributed by atoms with Crippen LogP contribution in [0.15, 0.2) is 108 Å². The highest BCUT2D eigenvalue weighted by molar-refractivity contribution is 5.97. The molecule has 7 aromatic rings. The average Bonchev–Trinajstić information content (AvgIpc) is 3.93. The maximum Gasteiger partial charge on any atom is 0.349 e. The number of anilines is 3. The second-order valence-electron chi connectivity index (χ2n) is 24.3. The topological polar surface area (TPSA) is 371 Å². The van der Waals surface area contributed by atoms with Gasteiger partial charge in [0.1, 0.15) is 29.3 Å². The number of fused-ring (bicyclic) bond motifs is 2. The summed E-state index contributed by atoms with van der Waals surface area (Å²) in [7, 11) is 0. The van der Waals surface area contributed by atoms with Crippen LogP contribution in [-0.4, -0.2) is 84.0 Å². The summed E-state index contributed by atoms with van der Waals surface area (Å²) in [5.74, 6) is 2.07. The quantitative estimate of drug-likeness (QED) is 0.106. The predicted octanol–water partition coefficient (Wildman–Crippen LogP) is 4.93. The molecule has 11 N–H and O–H groups in total. The molecule has 0 fully saturated rings. The van der Waals surface area contributed by atoms with E-state index in [0.29, 0.717) is 39.7 Å². The van der Waals surface area contributed by atoms with Crippen LogP contribution < -0.4 is 56.7 Å². The summed E-state index contributed by atoms with van der Waals surface area (Å²) < 4.78 is 8.36. The number of aliphatic imine (C=N–C) groups is 1. The smallest absolute Gasteiger partial charge is 0.349 e. The molecule has 8 rings (SSSR count). The van der Waals surface area contributed by atoms with Crippen molar-refractivity contribution in [1.29, 1.82) is 0 Å². The van der Waals surface area contributed by atoms with Crippen LogP contribution in [0.2, 0.25) is 0 Å². The first-order valence-corrected chi connectivity index (χ1v) is 25.1. The summed E-state index contributed by atoms with van der Waals surface area (Å²) >= 11 is 0. The SMILES string of the molecule is C=C1N=C(N)C(C)=CN1C(C)(C)C.CC(C)(C)n1ccc(=O)[nH]c1=O.CC(C)(C)n1ccc(N)nc1=O.CC(C)(C)n1cnc2c(=O)[nH]c(N)nc21.CC(C)(C)n1cnc2c(N)ncnc21.Cc1cn(C(C)(C)C)c(=O)[nH]c1=O. The van der Waals surface area contributed by atoms with Crippen LogP contribution in [0.25, 0.3) is 22.3 Å².